The molecular weight excluding hydrogens is 404 g/mol. The monoisotopic (exact) mass is 426 g/mol. The fourth-order valence-electron chi connectivity index (χ4n) is 4.01. The van der Waals surface area contributed by atoms with E-state index in [1.54, 1.807) is 14.2 Å². The largest absolute Gasteiger partial charge is 0.493 e. The van der Waals surface area contributed by atoms with Crippen LogP contribution in [0, 0.1) is 0 Å². The highest BCUT2D eigenvalue weighted by Crippen LogP contribution is 2.40. The number of urea groups is 1. The van der Waals surface area contributed by atoms with E-state index in [4.69, 9.17) is 14.5 Å². The summed E-state index contributed by atoms with van der Waals surface area (Å²) in [6, 6.07) is 22.5. The summed E-state index contributed by atoms with van der Waals surface area (Å²) >= 11 is 0. The normalized spacial score (nSPS) is 15.9. The van der Waals surface area contributed by atoms with E-state index in [-0.39, 0.29) is 6.03 Å². The van der Waals surface area contributed by atoms with Crippen molar-refractivity contribution in [1.29, 1.82) is 0 Å². The number of benzene rings is 3. The molecule has 0 saturated carbocycles. The van der Waals surface area contributed by atoms with Crippen LogP contribution in [0.15, 0.2) is 72.8 Å². The lowest BCUT2D eigenvalue weighted by Gasteiger charge is -2.30. The Labute approximate surface area is 185 Å². The highest BCUT2D eigenvalue weighted by molar-refractivity contribution is 6.02. The molecule has 2 amide bonds. The van der Waals surface area contributed by atoms with Gasteiger partial charge in [0.25, 0.3) is 0 Å². The lowest BCUT2D eigenvalue weighted by atomic mass is 9.92. The number of methoxy groups -OCH3 is 2. The fraction of sp³-hybridized carbons (Fsp3) is 0.120. The first-order chi connectivity index (χ1) is 15.7. The minimum absolute atomic E-state index is 0.288. The maximum atomic E-state index is 12.7. The minimum atomic E-state index is -0.459. The van der Waals surface area contributed by atoms with Crippen molar-refractivity contribution in [1.82, 2.24) is 20.6 Å². The number of amides is 2. The van der Waals surface area contributed by atoms with E-state index in [0.29, 0.717) is 23.0 Å². The predicted octanol–water partition coefficient (Wildman–Crippen LogP) is 4.50. The van der Waals surface area contributed by atoms with Crippen molar-refractivity contribution in [2.75, 3.05) is 14.2 Å². The zero-order valence-corrected chi connectivity index (χ0v) is 17.7. The molecule has 160 valence electrons. The van der Waals surface area contributed by atoms with Gasteiger partial charge in [-0.2, -0.15) is 0 Å². The molecule has 5 rings (SSSR count). The number of rotatable bonds is 5. The van der Waals surface area contributed by atoms with Gasteiger partial charge in [-0.05, 0) is 35.4 Å². The maximum absolute atomic E-state index is 12.7. The van der Waals surface area contributed by atoms with Crippen molar-refractivity contribution in [2.24, 2.45) is 0 Å². The highest BCUT2D eigenvalue weighted by Gasteiger charge is 2.32. The number of para-hydroxylation sites is 2. The molecule has 7 heteroatoms. The average Bonchev–Trinajstić information content (AvgIpc) is 3.27. The third-order valence-electron chi connectivity index (χ3n) is 5.52. The van der Waals surface area contributed by atoms with Crippen LogP contribution in [0.2, 0.25) is 0 Å². The van der Waals surface area contributed by atoms with Gasteiger partial charge in [0.2, 0.25) is 0 Å². The van der Waals surface area contributed by atoms with E-state index in [2.05, 4.69) is 15.6 Å². The first-order valence-electron chi connectivity index (χ1n) is 10.2. The number of hydrogen-bond acceptors (Lipinski definition) is 4. The van der Waals surface area contributed by atoms with E-state index in [0.717, 1.165) is 27.7 Å². The molecule has 1 atom stereocenters. The summed E-state index contributed by atoms with van der Waals surface area (Å²) in [4.78, 5) is 21.0. The number of imidazole rings is 1. The molecule has 32 heavy (non-hydrogen) atoms. The Morgan fingerprint density at radius 3 is 2.38 bits per heavy atom. The molecule has 0 radical (unpaired) electrons. The van der Waals surface area contributed by atoms with Gasteiger partial charge in [-0.15, -0.1) is 0 Å². The zero-order chi connectivity index (χ0) is 22.1. The van der Waals surface area contributed by atoms with Crippen LogP contribution in [0.3, 0.4) is 0 Å². The molecular formula is C25H22N4O3. The van der Waals surface area contributed by atoms with Gasteiger partial charge in [0, 0.05) is 5.57 Å². The number of aromatic nitrogens is 2. The van der Waals surface area contributed by atoms with Crippen LogP contribution < -0.4 is 20.1 Å². The number of carbonyl (C=O) groups is 1. The molecule has 0 aliphatic carbocycles. The quantitative estimate of drug-likeness (QED) is 0.438. The molecule has 0 bridgehead atoms. The smallest absolute Gasteiger partial charge is 0.320 e. The Kier molecular flexibility index (Phi) is 4.99. The number of nitrogens with zero attached hydrogens (tertiary/aromatic N) is 1. The third kappa shape index (κ3) is 3.43. The summed E-state index contributed by atoms with van der Waals surface area (Å²) in [5.74, 6) is 1.88. The van der Waals surface area contributed by atoms with Crippen LogP contribution in [-0.2, 0) is 0 Å². The number of carbonyl (C=O) groups excluding carboxylic acids is 1. The van der Waals surface area contributed by atoms with Gasteiger partial charge in [-0.25, -0.2) is 9.78 Å². The van der Waals surface area contributed by atoms with Gasteiger partial charge in [-0.1, -0.05) is 48.5 Å². The van der Waals surface area contributed by atoms with Crippen molar-refractivity contribution < 1.29 is 14.3 Å². The summed E-state index contributed by atoms with van der Waals surface area (Å²) in [6.07, 6.45) is 0. The molecule has 7 nitrogen and oxygen atoms in total. The van der Waals surface area contributed by atoms with Gasteiger partial charge < -0.3 is 25.1 Å². The Morgan fingerprint density at radius 2 is 1.62 bits per heavy atom. The predicted molar refractivity (Wildman–Crippen MR) is 123 cm³/mol. The molecule has 0 fully saturated rings. The molecule has 3 N–H and O–H groups in total. The molecule has 1 aliphatic rings. The third-order valence-corrected chi connectivity index (χ3v) is 5.52. The first kappa shape index (κ1) is 19.7. The maximum Gasteiger partial charge on any atom is 0.320 e. The van der Waals surface area contributed by atoms with Crippen molar-refractivity contribution in [2.45, 2.75) is 6.04 Å². The molecule has 4 aromatic rings. The number of ether oxygens (including phenoxy) is 2. The number of H-pyrrole nitrogens is 1. The minimum Gasteiger partial charge on any atom is -0.493 e. The average molecular weight is 426 g/mol. The van der Waals surface area contributed by atoms with Crippen LogP contribution in [0.4, 0.5) is 4.79 Å². The second kappa shape index (κ2) is 8.11. The lowest BCUT2D eigenvalue weighted by molar-refractivity contribution is 0.242. The summed E-state index contributed by atoms with van der Waals surface area (Å²) < 4.78 is 10.9. The Balaban J connectivity index is 1.75. The molecule has 1 aliphatic heterocycles. The number of nitrogens with one attached hydrogen (secondary N) is 3. The molecule has 3 aromatic carbocycles. The van der Waals surface area contributed by atoms with Crippen LogP contribution in [-0.4, -0.2) is 30.2 Å². The van der Waals surface area contributed by atoms with E-state index < -0.39 is 6.04 Å². The summed E-state index contributed by atoms with van der Waals surface area (Å²) in [6.45, 7) is 0. The number of hydrogen-bond donors (Lipinski definition) is 3. The van der Waals surface area contributed by atoms with Crippen molar-refractivity contribution in [3.63, 3.8) is 0 Å². The Hall–Kier alpha value is -4.26. The molecule has 0 spiro atoms. The van der Waals surface area contributed by atoms with E-state index in [1.807, 2.05) is 72.8 Å². The highest BCUT2D eigenvalue weighted by atomic mass is 16.5. The van der Waals surface area contributed by atoms with Crippen LogP contribution in [0.5, 0.6) is 11.5 Å². The van der Waals surface area contributed by atoms with Crippen molar-refractivity contribution in [3.05, 3.63) is 89.7 Å². The summed E-state index contributed by atoms with van der Waals surface area (Å²) in [5.41, 5.74) is 5.05. The molecule has 1 aromatic heterocycles. The van der Waals surface area contributed by atoms with Gasteiger partial charge >= 0.3 is 6.03 Å². The second-order valence-corrected chi connectivity index (χ2v) is 7.40. The first-order valence-corrected chi connectivity index (χ1v) is 10.2. The van der Waals surface area contributed by atoms with Crippen LogP contribution in [0.25, 0.3) is 22.3 Å². The second-order valence-electron chi connectivity index (χ2n) is 7.40. The van der Waals surface area contributed by atoms with E-state index in [1.165, 1.54) is 0 Å². The summed E-state index contributed by atoms with van der Waals surface area (Å²) in [7, 11) is 3.19. The van der Waals surface area contributed by atoms with Gasteiger partial charge in [0.1, 0.15) is 5.82 Å². The molecule has 0 unspecified atom stereocenters. The zero-order valence-electron chi connectivity index (χ0n) is 17.7. The Bertz CT molecular complexity index is 1290. The van der Waals surface area contributed by atoms with Gasteiger partial charge in [-0.3, -0.25) is 0 Å². The number of aromatic amines is 1. The Morgan fingerprint density at radius 1 is 0.875 bits per heavy atom. The summed E-state index contributed by atoms with van der Waals surface area (Å²) in [5, 5.41) is 6.04. The SMILES string of the molecule is COc1ccc([C@@H]2NC(=O)NC(c3ccccc3)=C2c2nc3ccccc3[nH]2)cc1OC. The van der Waals surface area contributed by atoms with Crippen molar-refractivity contribution >= 4 is 28.3 Å². The van der Waals surface area contributed by atoms with E-state index >= 15 is 0 Å². The molecule has 0 saturated heterocycles. The van der Waals surface area contributed by atoms with Crippen LogP contribution in [0.1, 0.15) is 23.0 Å². The van der Waals surface area contributed by atoms with Gasteiger partial charge in [0.15, 0.2) is 11.5 Å². The topological polar surface area (TPSA) is 88.3 Å². The fourth-order valence-corrected chi connectivity index (χ4v) is 4.01. The standard InChI is InChI=1S/C25H22N4O3/c1-31-19-13-12-16(14-20(19)32-2)23-21(24-26-17-10-6-7-11-18(17)27-24)22(28-25(30)29-23)15-8-4-3-5-9-15/h3-14,23H,1-2H3,(H,26,27)(H2,28,29,30)/t23-/m0/s1. The number of fused-ring (bicyclic) bond motifs is 1. The van der Waals surface area contributed by atoms with Crippen molar-refractivity contribution in [3.8, 4) is 11.5 Å². The molecule has 2 heterocycles. The van der Waals surface area contributed by atoms with E-state index in [9.17, 15) is 4.79 Å². The van der Waals surface area contributed by atoms with Gasteiger partial charge in [0.05, 0.1) is 37.0 Å². The lowest BCUT2D eigenvalue weighted by Crippen LogP contribution is -2.43. The van der Waals surface area contributed by atoms with Crippen LogP contribution >= 0.6 is 0 Å².